The predicted molar refractivity (Wildman–Crippen MR) is 74.4 cm³/mol. The molecule has 1 saturated carbocycles. The summed E-state index contributed by atoms with van der Waals surface area (Å²) in [4.78, 5) is 4.50. The second kappa shape index (κ2) is 5.04. The summed E-state index contributed by atoms with van der Waals surface area (Å²) in [5.74, 6) is 1.62. The molecular formula is C13H16N4S. The number of hydrogen-bond donors (Lipinski definition) is 2. The second-order valence-corrected chi connectivity index (χ2v) is 5.34. The zero-order valence-corrected chi connectivity index (χ0v) is 10.9. The van der Waals surface area contributed by atoms with Crippen LogP contribution >= 0.6 is 11.5 Å². The van der Waals surface area contributed by atoms with E-state index in [0.29, 0.717) is 12.5 Å². The lowest BCUT2D eigenvalue weighted by Crippen LogP contribution is -2.02. The van der Waals surface area contributed by atoms with Crippen molar-refractivity contribution in [3.8, 4) is 0 Å². The van der Waals surface area contributed by atoms with E-state index in [4.69, 9.17) is 5.73 Å². The van der Waals surface area contributed by atoms with Gasteiger partial charge in [-0.2, -0.15) is 4.37 Å². The molecule has 1 aromatic heterocycles. The van der Waals surface area contributed by atoms with Crippen LogP contribution in [-0.4, -0.2) is 15.9 Å². The molecule has 0 amide bonds. The van der Waals surface area contributed by atoms with Gasteiger partial charge in [0.1, 0.15) is 5.82 Å². The molecule has 1 aliphatic carbocycles. The lowest BCUT2D eigenvalue weighted by Gasteiger charge is -2.03. The van der Waals surface area contributed by atoms with Crippen LogP contribution in [0.25, 0.3) is 0 Å². The fraction of sp³-hybridized carbons (Fsp3) is 0.385. The van der Waals surface area contributed by atoms with Crippen LogP contribution in [0.4, 0.5) is 10.8 Å². The van der Waals surface area contributed by atoms with Crippen molar-refractivity contribution >= 4 is 22.4 Å². The van der Waals surface area contributed by atoms with Crippen LogP contribution in [0.15, 0.2) is 24.3 Å². The average Bonchev–Trinajstić information content (AvgIpc) is 3.13. The first-order valence-electron chi connectivity index (χ1n) is 6.25. The molecule has 0 bridgehead atoms. The number of hydrogen-bond acceptors (Lipinski definition) is 5. The van der Waals surface area contributed by atoms with Gasteiger partial charge in [-0.05, 0) is 43.5 Å². The molecule has 1 fully saturated rings. The number of benzene rings is 1. The van der Waals surface area contributed by atoms with Gasteiger partial charge in [0.25, 0.3) is 0 Å². The van der Waals surface area contributed by atoms with Crippen molar-refractivity contribution in [2.75, 3.05) is 11.9 Å². The summed E-state index contributed by atoms with van der Waals surface area (Å²) in [5, 5.41) is 4.17. The maximum Gasteiger partial charge on any atom is 0.207 e. The maximum atomic E-state index is 5.53. The normalized spacial score (nSPS) is 14.7. The SMILES string of the molecule is NCCc1ccc(Nc2nc(C3CC3)ns2)cc1. The largest absolute Gasteiger partial charge is 0.330 e. The Kier molecular flexibility index (Phi) is 3.25. The second-order valence-electron chi connectivity index (χ2n) is 4.59. The molecule has 0 spiro atoms. The van der Waals surface area contributed by atoms with Crippen molar-refractivity contribution in [2.45, 2.75) is 25.2 Å². The highest BCUT2D eigenvalue weighted by molar-refractivity contribution is 7.09. The van der Waals surface area contributed by atoms with Crippen molar-refractivity contribution in [1.82, 2.24) is 9.36 Å². The minimum absolute atomic E-state index is 0.615. The van der Waals surface area contributed by atoms with E-state index >= 15 is 0 Å². The number of nitrogens with one attached hydrogen (secondary N) is 1. The molecule has 0 radical (unpaired) electrons. The summed E-state index contributed by atoms with van der Waals surface area (Å²) in [6.07, 6.45) is 3.40. The van der Waals surface area contributed by atoms with Crippen LogP contribution in [0.5, 0.6) is 0 Å². The highest BCUT2D eigenvalue weighted by atomic mass is 32.1. The molecule has 18 heavy (non-hydrogen) atoms. The van der Waals surface area contributed by atoms with Crippen LogP contribution in [0.1, 0.15) is 30.1 Å². The van der Waals surface area contributed by atoms with Crippen LogP contribution in [-0.2, 0) is 6.42 Å². The highest BCUT2D eigenvalue weighted by Crippen LogP contribution is 2.39. The number of nitrogens with two attached hydrogens (primary N) is 1. The zero-order chi connectivity index (χ0) is 12.4. The van der Waals surface area contributed by atoms with E-state index in [-0.39, 0.29) is 0 Å². The quantitative estimate of drug-likeness (QED) is 0.867. The molecule has 1 heterocycles. The Labute approximate surface area is 110 Å². The van der Waals surface area contributed by atoms with Crippen LogP contribution in [0.2, 0.25) is 0 Å². The molecule has 0 aliphatic heterocycles. The van der Waals surface area contributed by atoms with Gasteiger partial charge in [-0.1, -0.05) is 12.1 Å². The standard InChI is InChI=1S/C13H16N4S/c14-8-7-9-1-5-11(6-2-9)15-13-16-12(17-18-13)10-3-4-10/h1-2,5-6,10H,3-4,7-8,14H2,(H,15,16,17). The minimum Gasteiger partial charge on any atom is -0.330 e. The molecule has 0 atom stereocenters. The Morgan fingerprint density at radius 1 is 1.28 bits per heavy atom. The zero-order valence-electron chi connectivity index (χ0n) is 10.1. The Hall–Kier alpha value is -1.46. The van der Waals surface area contributed by atoms with E-state index < -0.39 is 0 Å². The van der Waals surface area contributed by atoms with Gasteiger partial charge in [0.15, 0.2) is 0 Å². The predicted octanol–water partition coefficient (Wildman–Crippen LogP) is 2.66. The van der Waals surface area contributed by atoms with Crippen LogP contribution < -0.4 is 11.1 Å². The van der Waals surface area contributed by atoms with Gasteiger partial charge >= 0.3 is 0 Å². The summed E-state index contributed by atoms with van der Waals surface area (Å²) in [5.41, 5.74) is 7.84. The molecule has 1 aromatic carbocycles. The lowest BCUT2D eigenvalue weighted by atomic mass is 10.1. The first-order chi connectivity index (χ1) is 8.85. The van der Waals surface area contributed by atoms with Gasteiger partial charge in [0.2, 0.25) is 5.13 Å². The average molecular weight is 260 g/mol. The fourth-order valence-electron chi connectivity index (χ4n) is 1.84. The monoisotopic (exact) mass is 260 g/mol. The summed E-state index contributed by atoms with van der Waals surface area (Å²) >= 11 is 1.43. The Morgan fingerprint density at radius 3 is 2.72 bits per heavy atom. The number of nitrogens with zero attached hydrogens (tertiary/aromatic N) is 2. The third kappa shape index (κ3) is 2.68. The molecule has 0 saturated heterocycles. The van der Waals surface area contributed by atoms with Gasteiger partial charge in [-0.3, -0.25) is 0 Å². The van der Waals surface area contributed by atoms with Crippen molar-refractivity contribution < 1.29 is 0 Å². The van der Waals surface area contributed by atoms with Gasteiger partial charge in [0, 0.05) is 23.1 Å². The molecule has 5 heteroatoms. The first kappa shape index (κ1) is 11.6. The molecule has 2 aromatic rings. The van der Waals surface area contributed by atoms with Gasteiger partial charge in [-0.25, -0.2) is 4.98 Å². The first-order valence-corrected chi connectivity index (χ1v) is 7.02. The molecule has 4 nitrogen and oxygen atoms in total. The van der Waals surface area contributed by atoms with E-state index in [1.165, 1.54) is 29.9 Å². The Bertz CT molecular complexity index is 516. The third-order valence-corrected chi connectivity index (χ3v) is 3.67. The Morgan fingerprint density at radius 2 is 2.06 bits per heavy atom. The number of aromatic nitrogens is 2. The summed E-state index contributed by atoms with van der Waals surface area (Å²) in [6.45, 7) is 0.688. The van der Waals surface area contributed by atoms with Crippen molar-refractivity contribution in [3.05, 3.63) is 35.7 Å². The summed E-state index contributed by atoms with van der Waals surface area (Å²) < 4.78 is 4.37. The van der Waals surface area contributed by atoms with Crippen molar-refractivity contribution in [3.63, 3.8) is 0 Å². The van der Waals surface area contributed by atoms with Gasteiger partial charge in [-0.15, -0.1) is 0 Å². The number of anilines is 2. The molecule has 0 unspecified atom stereocenters. The van der Waals surface area contributed by atoms with Gasteiger partial charge < -0.3 is 11.1 Å². The highest BCUT2D eigenvalue weighted by Gasteiger charge is 2.27. The Balaban J connectivity index is 1.66. The van der Waals surface area contributed by atoms with E-state index in [1.54, 1.807) is 0 Å². The molecule has 3 rings (SSSR count). The van der Waals surface area contributed by atoms with Crippen molar-refractivity contribution in [1.29, 1.82) is 0 Å². The molecule has 1 aliphatic rings. The minimum atomic E-state index is 0.615. The summed E-state index contributed by atoms with van der Waals surface area (Å²) in [7, 11) is 0. The van der Waals surface area contributed by atoms with Crippen LogP contribution in [0.3, 0.4) is 0 Å². The summed E-state index contributed by atoms with van der Waals surface area (Å²) in [6, 6.07) is 8.31. The smallest absolute Gasteiger partial charge is 0.207 e. The van der Waals surface area contributed by atoms with E-state index in [9.17, 15) is 0 Å². The lowest BCUT2D eigenvalue weighted by molar-refractivity contribution is 0.969. The molecular weight excluding hydrogens is 244 g/mol. The topological polar surface area (TPSA) is 63.8 Å². The third-order valence-electron chi connectivity index (χ3n) is 3.02. The van der Waals surface area contributed by atoms with E-state index in [0.717, 1.165) is 23.1 Å². The van der Waals surface area contributed by atoms with E-state index in [2.05, 4.69) is 38.9 Å². The van der Waals surface area contributed by atoms with Gasteiger partial charge in [0.05, 0.1) is 0 Å². The maximum absolute atomic E-state index is 5.53. The fourth-order valence-corrected chi connectivity index (χ4v) is 2.51. The molecule has 94 valence electrons. The van der Waals surface area contributed by atoms with Crippen molar-refractivity contribution in [2.24, 2.45) is 5.73 Å². The van der Waals surface area contributed by atoms with E-state index in [1.807, 2.05) is 0 Å². The molecule has 3 N–H and O–H groups in total. The number of rotatable bonds is 5. The van der Waals surface area contributed by atoms with Crippen LogP contribution in [0, 0.1) is 0 Å².